The quantitative estimate of drug-likeness (QED) is 0.505. The summed E-state index contributed by atoms with van der Waals surface area (Å²) in [6, 6.07) is 9.69. The first-order chi connectivity index (χ1) is 8.74. The van der Waals surface area contributed by atoms with E-state index in [0.29, 0.717) is 16.9 Å². The van der Waals surface area contributed by atoms with Crippen molar-refractivity contribution in [1.29, 1.82) is 0 Å². The van der Waals surface area contributed by atoms with E-state index in [2.05, 4.69) is 19.9 Å². The van der Waals surface area contributed by atoms with Gasteiger partial charge in [0.2, 0.25) is 5.28 Å². The Morgan fingerprint density at radius 3 is 2.44 bits per heavy atom. The Hall–Kier alpha value is -1.78. The highest BCUT2D eigenvalue weighted by Gasteiger charge is 2.09. The molecule has 88 valence electrons. The lowest BCUT2D eigenvalue weighted by Gasteiger charge is -2.02. The molecule has 0 unspecified atom stereocenters. The van der Waals surface area contributed by atoms with Crippen LogP contribution >= 0.6 is 23.2 Å². The van der Waals surface area contributed by atoms with E-state index < -0.39 is 0 Å². The molecule has 0 atom stereocenters. The van der Waals surface area contributed by atoms with E-state index in [1.807, 2.05) is 30.3 Å². The van der Waals surface area contributed by atoms with Gasteiger partial charge < -0.3 is 0 Å². The van der Waals surface area contributed by atoms with Gasteiger partial charge >= 0.3 is 0 Å². The smallest absolute Gasteiger partial charge is 0.225 e. The highest BCUT2D eigenvalue weighted by Crippen LogP contribution is 2.22. The second kappa shape index (κ2) is 4.48. The van der Waals surface area contributed by atoms with Crippen molar-refractivity contribution in [2.75, 3.05) is 0 Å². The average molecular weight is 277 g/mol. The minimum atomic E-state index is 0.0620. The summed E-state index contributed by atoms with van der Waals surface area (Å²) in [5.74, 6) is 0. The van der Waals surface area contributed by atoms with Crippen LogP contribution in [0.3, 0.4) is 0 Å². The predicted molar refractivity (Wildman–Crippen MR) is 70.6 cm³/mol. The first-order valence-electron chi connectivity index (χ1n) is 5.15. The van der Waals surface area contributed by atoms with E-state index in [4.69, 9.17) is 23.2 Å². The Bertz CT molecular complexity index is 716. The summed E-state index contributed by atoms with van der Waals surface area (Å²) < 4.78 is 0. The second-order valence-corrected chi connectivity index (χ2v) is 4.27. The van der Waals surface area contributed by atoms with Gasteiger partial charge in [0.25, 0.3) is 0 Å². The second-order valence-electron chi connectivity index (χ2n) is 3.58. The summed E-state index contributed by atoms with van der Waals surface area (Å²) in [6.07, 6.45) is 1.64. The van der Waals surface area contributed by atoms with Crippen molar-refractivity contribution >= 4 is 34.4 Å². The van der Waals surface area contributed by atoms with Crippen molar-refractivity contribution in [3.8, 4) is 11.3 Å². The van der Waals surface area contributed by atoms with E-state index in [1.165, 1.54) is 0 Å². The fourth-order valence-electron chi connectivity index (χ4n) is 1.60. The molecule has 6 heteroatoms. The lowest BCUT2D eigenvalue weighted by Crippen LogP contribution is -1.94. The van der Waals surface area contributed by atoms with Crippen LogP contribution in [0.15, 0.2) is 36.5 Å². The molecule has 2 heterocycles. The van der Waals surface area contributed by atoms with E-state index in [9.17, 15) is 0 Å². The minimum Gasteiger partial charge on any atom is -0.247 e. The Balaban J connectivity index is 2.23. The molecule has 4 nitrogen and oxygen atoms in total. The highest BCUT2D eigenvalue weighted by atomic mass is 35.5. The van der Waals surface area contributed by atoms with Crippen LogP contribution in [0.5, 0.6) is 0 Å². The summed E-state index contributed by atoms with van der Waals surface area (Å²) in [7, 11) is 0. The number of aromatic nitrogens is 4. The maximum absolute atomic E-state index is 5.92. The molecular formula is C12H6Cl2N4. The minimum absolute atomic E-state index is 0.0620. The van der Waals surface area contributed by atoms with E-state index in [0.717, 1.165) is 5.56 Å². The molecule has 0 spiro atoms. The molecule has 0 fully saturated rings. The van der Waals surface area contributed by atoms with Gasteiger partial charge in [-0.05, 0) is 11.6 Å². The molecule has 18 heavy (non-hydrogen) atoms. The fraction of sp³-hybridized carbons (Fsp3) is 0. The van der Waals surface area contributed by atoms with Crippen LogP contribution in [-0.4, -0.2) is 19.9 Å². The van der Waals surface area contributed by atoms with Gasteiger partial charge in [-0.15, -0.1) is 0 Å². The third kappa shape index (κ3) is 2.00. The van der Waals surface area contributed by atoms with Gasteiger partial charge in [0, 0.05) is 5.56 Å². The van der Waals surface area contributed by atoms with Crippen molar-refractivity contribution in [2.24, 2.45) is 0 Å². The van der Waals surface area contributed by atoms with E-state index in [1.54, 1.807) is 6.20 Å². The molecule has 0 radical (unpaired) electrons. The van der Waals surface area contributed by atoms with Crippen molar-refractivity contribution in [2.45, 2.75) is 0 Å². The Kier molecular flexibility index (Phi) is 2.81. The SMILES string of the molecule is Clc1nc(Cl)c2ncc(-c3ccccc3)nc2n1. The summed E-state index contributed by atoms with van der Waals surface area (Å²) in [4.78, 5) is 16.4. The zero-order valence-electron chi connectivity index (χ0n) is 9.01. The van der Waals surface area contributed by atoms with Crippen molar-refractivity contribution < 1.29 is 0 Å². The van der Waals surface area contributed by atoms with E-state index in [-0.39, 0.29) is 10.4 Å². The Morgan fingerprint density at radius 2 is 1.67 bits per heavy atom. The summed E-state index contributed by atoms with van der Waals surface area (Å²) >= 11 is 11.7. The Labute approximate surface area is 113 Å². The van der Waals surface area contributed by atoms with Gasteiger partial charge in [-0.2, -0.15) is 4.98 Å². The maximum Gasteiger partial charge on any atom is 0.225 e. The van der Waals surface area contributed by atoms with Gasteiger partial charge in [-0.1, -0.05) is 41.9 Å². The zero-order valence-corrected chi connectivity index (χ0v) is 10.5. The average Bonchev–Trinajstić information content (AvgIpc) is 2.39. The highest BCUT2D eigenvalue weighted by molar-refractivity contribution is 6.35. The normalized spacial score (nSPS) is 10.8. The monoisotopic (exact) mass is 276 g/mol. The first-order valence-corrected chi connectivity index (χ1v) is 5.91. The van der Waals surface area contributed by atoms with Crippen LogP contribution < -0.4 is 0 Å². The lowest BCUT2D eigenvalue weighted by molar-refractivity contribution is 1.15. The fourth-order valence-corrected chi connectivity index (χ4v) is 2.02. The molecule has 0 amide bonds. The molecule has 0 aliphatic heterocycles. The van der Waals surface area contributed by atoms with Crippen LogP contribution in [0.1, 0.15) is 0 Å². The van der Waals surface area contributed by atoms with Gasteiger partial charge in [-0.3, -0.25) is 0 Å². The van der Waals surface area contributed by atoms with Gasteiger partial charge in [0.15, 0.2) is 10.8 Å². The number of rotatable bonds is 1. The van der Waals surface area contributed by atoms with Crippen molar-refractivity contribution in [1.82, 2.24) is 19.9 Å². The number of halogens is 2. The third-order valence-corrected chi connectivity index (χ3v) is 2.84. The maximum atomic E-state index is 5.92. The molecule has 3 rings (SSSR count). The standard InChI is InChI=1S/C12H6Cl2N4/c13-10-9-11(18-12(14)17-10)16-8(6-15-9)7-4-2-1-3-5-7/h1-6H. The molecule has 3 aromatic rings. The van der Waals surface area contributed by atoms with Gasteiger partial charge in [0.1, 0.15) is 5.52 Å². The molecule has 0 N–H and O–H groups in total. The van der Waals surface area contributed by atoms with E-state index >= 15 is 0 Å². The lowest BCUT2D eigenvalue weighted by atomic mass is 10.2. The van der Waals surface area contributed by atoms with Crippen LogP contribution in [0.25, 0.3) is 22.4 Å². The molecular weight excluding hydrogens is 271 g/mol. The number of hydrogen-bond donors (Lipinski definition) is 0. The van der Waals surface area contributed by atoms with Crippen LogP contribution in [0.2, 0.25) is 10.4 Å². The summed E-state index contributed by atoms with van der Waals surface area (Å²) in [5.41, 5.74) is 2.51. The van der Waals surface area contributed by atoms with Gasteiger partial charge in [0.05, 0.1) is 11.9 Å². The van der Waals surface area contributed by atoms with Crippen molar-refractivity contribution in [3.05, 3.63) is 47.0 Å². The first kappa shape index (κ1) is 11.3. The number of nitrogens with zero attached hydrogens (tertiary/aromatic N) is 4. The molecule has 0 aliphatic rings. The number of benzene rings is 1. The van der Waals surface area contributed by atoms with Gasteiger partial charge in [-0.25, -0.2) is 15.0 Å². The molecule has 0 saturated heterocycles. The molecule has 1 aromatic carbocycles. The summed E-state index contributed by atoms with van der Waals surface area (Å²) in [6.45, 7) is 0. The zero-order chi connectivity index (χ0) is 12.5. The van der Waals surface area contributed by atoms with Crippen LogP contribution in [0.4, 0.5) is 0 Å². The molecule has 2 aromatic heterocycles. The van der Waals surface area contributed by atoms with Crippen molar-refractivity contribution in [3.63, 3.8) is 0 Å². The Morgan fingerprint density at radius 1 is 0.889 bits per heavy atom. The predicted octanol–water partition coefficient (Wildman–Crippen LogP) is 3.39. The topological polar surface area (TPSA) is 51.6 Å². The molecule has 0 bridgehead atoms. The molecule has 0 saturated carbocycles. The summed E-state index contributed by atoms with van der Waals surface area (Å²) in [5, 5.41) is 0.268. The van der Waals surface area contributed by atoms with Crippen LogP contribution in [-0.2, 0) is 0 Å². The number of hydrogen-bond acceptors (Lipinski definition) is 4. The largest absolute Gasteiger partial charge is 0.247 e. The third-order valence-electron chi connectivity index (χ3n) is 2.41. The molecule has 0 aliphatic carbocycles. The van der Waals surface area contributed by atoms with Crippen LogP contribution in [0, 0.1) is 0 Å². The number of fused-ring (bicyclic) bond motifs is 1.